The Morgan fingerprint density at radius 3 is 2.83 bits per heavy atom. The smallest absolute Gasteiger partial charge is 0.407 e. The molecular formula is C8H13NO3. The van der Waals surface area contributed by atoms with Crippen LogP contribution in [0.5, 0.6) is 0 Å². The maximum absolute atomic E-state index is 10.6. The molecule has 2 unspecified atom stereocenters. The summed E-state index contributed by atoms with van der Waals surface area (Å²) >= 11 is 0. The third kappa shape index (κ3) is 1.06. The van der Waals surface area contributed by atoms with Gasteiger partial charge in [0.25, 0.3) is 0 Å². The monoisotopic (exact) mass is 171 g/mol. The van der Waals surface area contributed by atoms with Gasteiger partial charge >= 0.3 is 6.09 Å². The van der Waals surface area contributed by atoms with E-state index in [9.17, 15) is 4.79 Å². The van der Waals surface area contributed by atoms with Gasteiger partial charge in [-0.15, -0.1) is 0 Å². The van der Waals surface area contributed by atoms with Gasteiger partial charge in [-0.05, 0) is 6.42 Å². The molecule has 4 heteroatoms. The number of hydrogen-bond acceptors (Lipinski definition) is 2. The second-order valence-corrected chi connectivity index (χ2v) is 3.73. The van der Waals surface area contributed by atoms with Crippen molar-refractivity contribution in [2.24, 2.45) is 5.92 Å². The SMILES string of the molecule is CC1CN(C(=O)O)CCC12CO2. The van der Waals surface area contributed by atoms with E-state index < -0.39 is 6.09 Å². The topological polar surface area (TPSA) is 53.1 Å². The van der Waals surface area contributed by atoms with Crippen LogP contribution in [0.3, 0.4) is 0 Å². The Morgan fingerprint density at radius 1 is 1.75 bits per heavy atom. The van der Waals surface area contributed by atoms with E-state index >= 15 is 0 Å². The Labute approximate surface area is 71.1 Å². The number of ether oxygens (including phenoxy) is 1. The summed E-state index contributed by atoms with van der Waals surface area (Å²) in [6.45, 7) is 4.12. The number of carbonyl (C=O) groups is 1. The second kappa shape index (κ2) is 2.36. The summed E-state index contributed by atoms with van der Waals surface area (Å²) in [5.74, 6) is 0.349. The quantitative estimate of drug-likeness (QED) is 0.548. The highest BCUT2D eigenvalue weighted by molar-refractivity contribution is 5.65. The molecule has 0 aromatic carbocycles. The number of rotatable bonds is 0. The van der Waals surface area contributed by atoms with E-state index in [1.807, 2.05) is 0 Å². The Kier molecular flexibility index (Phi) is 1.54. The summed E-state index contributed by atoms with van der Waals surface area (Å²) in [6.07, 6.45) is 0.0536. The number of nitrogens with zero attached hydrogens (tertiary/aromatic N) is 1. The molecule has 2 fully saturated rings. The van der Waals surface area contributed by atoms with Crippen LogP contribution >= 0.6 is 0 Å². The van der Waals surface area contributed by atoms with Gasteiger partial charge in [-0.3, -0.25) is 0 Å². The van der Waals surface area contributed by atoms with Gasteiger partial charge in [0.2, 0.25) is 0 Å². The van der Waals surface area contributed by atoms with Gasteiger partial charge in [0.15, 0.2) is 0 Å². The van der Waals surface area contributed by atoms with E-state index in [2.05, 4.69) is 6.92 Å². The third-order valence-electron chi connectivity index (χ3n) is 2.98. The van der Waals surface area contributed by atoms with Crippen LogP contribution in [0.1, 0.15) is 13.3 Å². The fourth-order valence-corrected chi connectivity index (χ4v) is 1.85. The van der Waals surface area contributed by atoms with Gasteiger partial charge in [-0.25, -0.2) is 4.79 Å². The molecule has 0 aromatic rings. The van der Waals surface area contributed by atoms with Gasteiger partial charge in [0.1, 0.15) is 0 Å². The summed E-state index contributed by atoms with van der Waals surface area (Å²) in [6, 6.07) is 0. The molecule has 0 radical (unpaired) electrons. The molecule has 2 aliphatic heterocycles. The highest BCUT2D eigenvalue weighted by atomic mass is 16.6. The van der Waals surface area contributed by atoms with Crippen LogP contribution in [0, 0.1) is 5.92 Å². The molecule has 2 aliphatic rings. The van der Waals surface area contributed by atoms with Crippen molar-refractivity contribution >= 4 is 6.09 Å². The van der Waals surface area contributed by atoms with E-state index in [1.165, 1.54) is 4.90 Å². The lowest BCUT2D eigenvalue weighted by Gasteiger charge is -2.33. The first-order valence-electron chi connectivity index (χ1n) is 4.26. The van der Waals surface area contributed by atoms with E-state index in [0.29, 0.717) is 19.0 Å². The van der Waals surface area contributed by atoms with E-state index in [-0.39, 0.29) is 5.60 Å². The molecule has 68 valence electrons. The Morgan fingerprint density at radius 2 is 2.42 bits per heavy atom. The molecule has 2 atom stereocenters. The number of carboxylic acid groups (broad SMARTS) is 1. The average Bonchev–Trinajstić information content (AvgIpc) is 2.76. The zero-order valence-corrected chi connectivity index (χ0v) is 7.12. The molecule has 2 heterocycles. The van der Waals surface area contributed by atoms with Crippen LogP contribution in [-0.4, -0.2) is 41.4 Å². The summed E-state index contributed by atoms with van der Waals surface area (Å²) in [7, 11) is 0. The molecule has 1 spiro atoms. The van der Waals surface area contributed by atoms with Crippen molar-refractivity contribution in [1.82, 2.24) is 4.90 Å². The molecule has 1 amide bonds. The molecule has 0 bridgehead atoms. The van der Waals surface area contributed by atoms with Gasteiger partial charge in [-0.1, -0.05) is 6.92 Å². The van der Waals surface area contributed by atoms with Crippen LogP contribution in [0.2, 0.25) is 0 Å². The highest BCUT2D eigenvalue weighted by Gasteiger charge is 2.52. The minimum Gasteiger partial charge on any atom is -0.465 e. The highest BCUT2D eigenvalue weighted by Crippen LogP contribution is 2.41. The minimum atomic E-state index is -0.808. The first kappa shape index (κ1) is 7.86. The number of epoxide rings is 1. The van der Waals surface area contributed by atoms with Crippen molar-refractivity contribution in [3.63, 3.8) is 0 Å². The molecule has 12 heavy (non-hydrogen) atoms. The van der Waals surface area contributed by atoms with Gasteiger partial charge in [0.05, 0.1) is 12.2 Å². The number of likely N-dealkylation sites (tertiary alicyclic amines) is 1. The predicted octanol–water partition coefficient (Wildman–Crippen LogP) is 0.775. The lowest BCUT2D eigenvalue weighted by atomic mass is 9.87. The normalized spacial score (nSPS) is 40.1. The van der Waals surface area contributed by atoms with Crippen LogP contribution in [0.25, 0.3) is 0 Å². The van der Waals surface area contributed by atoms with Gasteiger partial charge < -0.3 is 14.7 Å². The molecule has 4 nitrogen and oxygen atoms in total. The summed E-state index contributed by atoms with van der Waals surface area (Å²) < 4.78 is 5.36. The average molecular weight is 171 g/mol. The van der Waals surface area contributed by atoms with Crippen LogP contribution in [0.4, 0.5) is 4.79 Å². The summed E-state index contributed by atoms with van der Waals surface area (Å²) in [5, 5.41) is 8.73. The maximum Gasteiger partial charge on any atom is 0.407 e. The maximum atomic E-state index is 10.6. The molecular weight excluding hydrogens is 158 g/mol. The molecule has 2 rings (SSSR count). The molecule has 0 saturated carbocycles. The van der Waals surface area contributed by atoms with Crippen molar-refractivity contribution in [3.05, 3.63) is 0 Å². The van der Waals surface area contributed by atoms with Crippen molar-refractivity contribution in [3.8, 4) is 0 Å². The Hall–Kier alpha value is -0.770. The van der Waals surface area contributed by atoms with Gasteiger partial charge in [0, 0.05) is 19.0 Å². The van der Waals surface area contributed by atoms with Crippen molar-refractivity contribution in [2.45, 2.75) is 18.9 Å². The largest absolute Gasteiger partial charge is 0.465 e. The van der Waals surface area contributed by atoms with Crippen molar-refractivity contribution in [2.75, 3.05) is 19.7 Å². The third-order valence-corrected chi connectivity index (χ3v) is 2.98. The van der Waals surface area contributed by atoms with Crippen LogP contribution in [-0.2, 0) is 4.74 Å². The van der Waals surface area contributed by atoms with Crippen LogP contribution < -0.4 is 0 Å². The minimum absolute atomic E-state index is 0.0476. The number of hydrogen-bond donors (Lipinski definition) is 1. The Bertz CT molecular complexity index is 212. The van der Waals surface area contributed by atoms with E-state index in [0.717, 1.165) is 13.0 Å². The number of piperidine rings is 1. The molecule has 2 saturated heterocycles. The number of amides is 1. The lowest BCUT2D eigenvalue weighted by Crippen LogP contribution is -2.46. The second-order valence-electron chi connectivity index (χ2n) is 3.73. The predicted molar refractivity (Wildman–Crippen MR) is 42.1 cm³/mol. The first-order valence-corrected chi connectivity index (χ1v) is 4.26. The van der Waals surface area contributed by atoms with Gasteiger partial charge in [-0.2, -0.15) is 0 Å². The van der Waals surface area contributed by atoms with Crippen molar-refractivity contribution in [1.29, 1.82) is 0 Å². The lowest BCUT2D eigenvalue weighted by molar-refractivity contribution is 0.0829. The summed E-state index contributed by atoms with van der Waals surface area (Å²) in [5.41, 5.74) is 0.0476. The van der Waals surface area contributed by atoms with E-state index in [4.69, 9.17) is 9.84 Å². The fraction of sp³-hybridized carbons (Fsp3) is 0.875. The molecule has 0 aliphatic carbocycles. The van der Waals surface area contributed by atoms with Crippen LogP contribution in [0.15, 0.2) is 0 Å². The molecule has 1 N–H and O–H groups in total. The zero-order chi connectivity index (χ0) is 8.77. The zero-order valence-electron chi connectivity index (χ0n) is 7.12. The molecule has 0 aromatic heterocycles. The first-order chi connectivity index (χ1) is 5.64. The standard InChI is InChI=1S/C8H13NO3/c1-6-4-9(7(10)11)3-2-8(6)5-12-8/h6H,2-5H2,1H3,(H,10,11). The fourth-order valence-electron chi connectivity index (χ4n) is 1.85. The van der Waals surface area contributed by atoms with E-state index in [1.54, 1.807) is 0 Å². The van der Waals surface area contributed by atoms with Crippen molar-refractivity contribution < 1.29 is 14.6 Å². The summed E-state index contributed by atoms with van der Waals surface area (Å²) in [4.78, 5) is 12.1. The Balaban J connectivity index is 1.99.